The van der Waals surface area contributed by atoms with Gasteiger partial charge in [-0.25, -0.2) is 4.98 Å². The fourth-order valence-electron chi connectivity index (χ4n) is 2.91. The van der Waals surface area contributed by atoms with Crippen molar-refractivity contribution in [3.05, 3.63) is 71.5 Å². The van der Waals surface area contributed by atoms with E-state index in [1.807, 2.05) is 60.8 Å². The van der Waals surface area contributed by atoms with Crippen molar-refractivity contribution in [2.45, 2.75) is 26.8 Å². The minimum absolute atomic E-state index is 0.291. The van der Waals surface area contributed by atoms with Crippen molar-refractivity contribution in [1.82, 2.24) is 24.8 Å². The molecule has 4 aromatic rings. The van der Waals surface area contributed by atoms with Gasteiger partial charge in [0.25, 0.3) is 5.91 Å². The van der Waals surface area contributed by atoms with E-state index in [9.17, 15) is 4.79 Å². The Hall–Kier alpha value is -3.48. The molecule has 7 heteroatoms. The van der Waals surface area contributed by atoms with Gasteiger partial charge in [0.15, 0.2) is 0 Å². The lowest BCUT2D eigenvalue weighted by Gasteiger charge is -2.07. The summed E-state index contributed by atoms with van der Waals surface area (Å²) in [4.78, 5) is 21.4. The highest BCUT2D eigenvalue weighted by molar-refractivity contribution is 5.93. The third-order valence-electron chi connectivity index (χ3n) is 4.35. The molecule has 0 bridgehead atoms. The SMILES string of the molecule is Cc1cccc(-c2noc([C@@H](C)NC(=O)c3cn4cccc(C)c4n3)n2)c1. The minimum Gasteiger partial charge on any atom is -0.339 e. The maximum absolute atomic E-state index is 12.6. The molecule has 0 aliphatic carbocycles. The van der Waals surface area contributed by atoms with Crippen LogP contribution in [-0.2, 0) is 0 Å². The maximum atomic E-state index is 12.6. The van der Waals surface area contributed by atoms with E-state index in [4.69, 9.17) is 4.52 Å². The fourth-order valence-corrected chi connectivity index (χ4v) is 2.91. The molecule has 3 aromatic heterocycles. The first-order valence-corrected chi connectivity index (χ1v) is 8.67. The molecule has 0 aliphatic rings. The zero-order valence-electron chi connectivity index (χ0n) is 15.3. The largest absolute Gasteiger partial charge is 0.339 e. The van der Waals surface area contributed by atoms with Crippen LogP contribution in [0, 0.1) is 13.8 Å². The normalized spacial score (nSPS) is 12.3. The first kappa shape index (κ1) is 17.0. The van der Waals surface area contributed by atoms with Crippen LogP contribution in [0.3, 0.4) is 0 Å². The van der Waals surface area contributed by atoms with Crippen molar-refractivity contribution < 1.29 is 9.32 Å². The average molecular weight is 361 g/mol. The Morgan fingerprint density at radius 3 is 2.81 bits per heavy atom. The van der Waals surface area contributed by atoms with Gasteiger partial charge in [0.1, 0.15) is 17.4 Å². The number of imidazole rings is 1. The van der Waals surface area contributed by atoms with Crippen molar-refractivity contribution in [1.29, 1.82) is 0 Å². The van der Waals surface area contributed by atoms with Crippen LogP contribution < -0.4 is 5.32 Å². The lowest BCUT2D eigenvalue weighted by atomic mass is 10.1. The second kappa shape index (κ2) is 6.68. The molecule has 0 aliphatic heterocycles. The van der Waals surface area contributed by atoms with E-state index in [0.717, 1.165) is 22.3 Å². The van der Waals surface area contributed by atoms with Crippen molar-refractivity contribution >= 4 is 11.6 Å². The number of fused-ring (bicyclic) bond motifs is 1. The number of hydrogen-bond donors (Lipinski definition) is 1. The number of pyridine rings is 1. The van der Waals surface area contributed by atoms with Gasteiger partial charge < -0.3 is 14.2 Å². The first-order chi connectivity index (χ1) is 13.0. The predicted octanol–water partition coefficient (Wildman–Crippen LogP) is 3.49. The summed E-state index contributed by atoms with van der Waals surface area (Å²) in [6.45, 7) is 5.76. The van der Waals surface area contributed by atoms with E-state index in [0.29, 0.717) is 17.4 Å². The molecule has 1 atom stereocenters. The molecule has 0 fully saturated rings. The van der Waals surface area contributed by atoms with Gasteiger partial charge in [-0.3, -0.25) is 4.79 Å². The van der Waals surface area contributed by atoms with Gasteiger partial charge in [0, 0.05) is 18.0 Å². The molecular weight excluding hydrogens is 342 g/mol. The van der Waals surface area contributed by atoms with E-state index < -0.39 is 6.04 Å². The molecule has 3 heterocycles. The van der Waals surface area contributed by atoms with Crippen molar-refractivity contribution in [2.75, 3.05) is 0 Å². The molecule has 7 nitrogen and oxygen atoms in total. The Balaban J connectivity index is 1.52. The Kier molecular flexibility index (Phi) is 4.19. The molecule has 0 spiro atoms. The highest BCUT2D eigenvalue weighted by Crippen LogP contribution is 2.20. The van der Waals surface area contributed by atoms with Crippen LogP contribution in [-0.4, -0.2) is 25.4 Å². The molecule has 1 aromatic carbocycles. The summed E-state index contributed by atoms with van der Waals surface area (Å²) < 4.78 is 7.16. The van der Waals surface area contributed by atoms with Crippen molar-refractivity contribution in [2.24, 2.45) is 0 Å². The number of aryl methyl sites for hydroxylation is 2. The molecule has 0 saturated carbocycles. The number of carbonyl (C=O) groups is 1. The summed E-state index contributed by atoms with van der Waals surface area (Å²) >= 11 is 0. The third kappa shape index (κ3) is 3.31. The zero-order chi connectivity index (χ0) is 19.0. The van der Waals surface area contributed by atoms with Crippen LogP contribution in [0.2, 0.25) is 0 Å². The Labute approximate surface area is 156 Å². The maximum Gasteiger partial charge on any atom is 0.272 e. The second-order valence-electron chi connectivity index (χ2n) is 6.57. The second-order valence-corrected chi connectivity index (χ2v) is 6.57. The molecule has 1 amide bonds. The number of aromatic nitrogens is 4. The van der Waals surface area contributed by atoms with Crippen LogP contribution in [0.1, 0.15) is 40.5 Å². The van der Waals surface area contributed by atoms with E-state index in [-0.39, 0.29) is 5.91 Å². The molecule has 27 heavy (non-hydrogen) atoms. The molecule has 136 valence electrons. The lowest BCUT2D eigenvalue weighted by molar-refractivity contribution is 0.0928. The smallest absolute Gasteiger partial charge is 0.272 e. The summed E-state index contributed by atoms with van der Waals surface area (Å²) in [7, 11) is 0. The number of rotatable bonds is 4. The number of nitrogens with zero attached hydrogens (tertiary/aromatic N) is 4. The van der Waals surface area contributed by atoms with Gasteiger partial charge in [0.05, 0.1) is 0 Å². The van der Waals surface area contributed by atoms with Crippen LogP contribution >= 0.6 is 0 Å². The average Bonchev–Trinajstić information content (AvgIpc) is 3.30. The van der Waals surface area contributed by atoms with E-state index >= 15 is 0 Å². The fraction of sp³-hybridized carbons (Fsp3) is 0.200. The third-order valence-corrected chi connectivity index (χ3v) is 4.35. The molecule has 0 saturated heterocycles. The highest BCUT2D eigenvalue weighted by atomic mass is 16.5. The number of amides is 1. The van der Waals surface area contributed by atoms with E-state index in [1.165, 1.54) is 0 Å². The van der Waals surface area contributed by atoms with Crippen LogP contribution in [0.25, 0.3) is 17.0 Å². The number of benzene rings is 1. The topological polar surface area (TPSA) is 85.3 Å². The minimum atomic E-state index is -0.436. The molecular formula is C20H19N5O2. The Morgan fingerprint density at radius 1 is 1.19 bits per heavy atom. The van der Waals surface area contributed by atoms with Gasteiger partial charge in [-0.2, -0.15) is 4.98 Å². The molecule has 4 rings (SSSR count). The number of carbonyl (C=O) groups excluding carboxylic acids is 1. The summed E-state index contributed by atoms with van der Waals surface area (Å²) in [6.07, 6.45) is 3.57. The predicted molar refractivity (Wildman–Crippen MR) is 100 cm³/mol. The zero-order valence-corrected chi connectivity index (χ0v) is 15.3. The highest BCUT2D eigenvalue weighted by Gasteiger charge is 2.20. The standard InChI is InChI=1S/C20H19N5O2/c1-12-6-4-8-15(10-12)17-23-20(27-24-17)14(3)21-19(26)16-11-25-9-5-7-13(2)18(25)22-16/h4-11,14H,1-3H3,(H,21,26)/t14-/m1/s1. The van der Waals surface area contributed by atoms with Gasteiger partial charge in [-0.15, -0.1) is 0 Å². The number of nitrogens with one attached hydrogen (secondary N) is 1. The molecule has 0 radical (unpaired) electrons. The van der Waals surface area contributed by atoms with E-state index in [1.54, 1.807) is 13.1 Å². The number of hydrogen-bond acceptors (Lipinski definition) is 5. The quantitative estimate of drug-likeness (QED) is 0.601. The van der Waals surface area contributed by atoms with Gasteiger partial charge in [-0.05, 0) is 38.5 Å². The Bertz CT molecular complexity index is 1130. The Morgan fingerprint density at radius 2 is 2.04 bits per heavy atom. The van der Waals surface area contributed by atoms with Crippen molar-refractivity contribution in [3.63, 3.8) is 0 Å². The van der Waals surface area contributed by atoms with Crippen LogP contribution in [0.4, 0.5) is 0 Å². The van der Waals surface area contributed by atoms with Gasteiger partial charge >= 0.3 is 0 Å². The summed E-state index contributed by atoms with van der Waals surface area (Å²) in [5.41, 5.74) is 4.09. The van der Waals surface area contributed by atoms with E-state index in [2.05, 4.69) is 20.4 Å². The van der Waals surface area contributed by atoms with Crippen molar-refractivity contribution in [3.8, 4) is 11.4 Å². The molecule has 1 N–H and O–H groups in total. The first-order valence-electron chi connectivity index (χ1n) is 8.67. The van der Waals surface area contributed by atoms with Gasteiger partial charge in [0.2, 0.25) is 11.7 Å². The van der Waals surface area contributed by atoms with Crippen LogP contribution in [0.15, 0.2) is 53.3 Å². The summed E-state index contributed by atoms with van der Waals surface area (Å²) in [5.74, 6) is 0.555. The summed E-state index contributed by atoms with van der Waals surface area (Å²) in [5, 5.41) is 6.88. The summed E-state index contributed by atoms with van der Waals surface area (Å²) in [6, 6.07) is 11.3. The monoisotopic (exact) mass is 361 g/mol. The lowest BCUT2D eigenvalue weighted by Crippen LogP contribution is -2.27. The molecule has 0 unspecified atom stereocenters. The van der Waals surface area contributed by atoms with Crippen LogP contribution in [0.5, 0.6) is 0 Å². The van der Waals surface area contributed by atoms with Gasteiger partial charge in [-0.1, -0.05) is 35.0 Å².